The number of ether oxygens (including phenoxy) is 1. The van der Waals surface area contributed by atoms with E-state index in [1.165, 1.54) is 12.8 Å². The van der Waals surface area contributed by atoms with Crippen molar-refractivity contribution in [2.75, 3.05) is 32.7 Å². The molecule has 0 aromatic rings. The minimum absolute atomic E-state index is 0.0150. The fourth-order valence-corrected chi connectivity index (χ4v) is 2.42. The molecule has 1 N–H and O–H groups in total. The predicted molar refractivity (Wildman–Crippen MR) is 68.8 cm³/mol. The molecular weight excluding hydrogens is 200 g/mol. The lowest BCUT2D eigenvalue weighted by atomic mass is 10.1. The molecule has 0 aromatic carbocycles. The van der Waals surface area contributed by atoms with Gasteiger partial charge in [-0.15, -0.1) is 0 Å². The van der Waals surface area contributed by atoms with Crippen LogP contribution in [0.3, 0.4) is 0 Å². The van der Waals surface area contributed by atoms with E-state index in [9.17, 15) is 0 Å². The van der Waals surface area contributed by atoms with Crippen LogP contribution in [0.25, 0.3) is 0 Å². The van der Waals surface area contributed by atoms with E-state index in [1.54, 1.807) is 0 Å². The summed E-state index contributed by atoms with van der Waals surface area (Å²) in [6.45, 7) is 14.3. The normalized spacial score (nSPS) is 25.9. The molecule has 1 saturated heterocycles. The molecule has 3 nitrogen and oxygen atoms in total. The van der Waals surface area contributed by atoms with E-state index in [4.69, 9.17) is 4.74 Å². The average molecular weight is 228 g/mol. The van der Waals surface area contributed by atoms with Gasteiger partial charge in [0.1, 0.15) is 0 Å². The first-order chi connectivity index (χ1) is 7.53. The lowest BCUT2D eigenvalue weighted by molar-refractivity contribution is -0.128. The summed E-state index contributed by atoms with van der Waals surface area (Å²) in [6.07, 6.45) is 2.92. The first kappa shape index (κ1) is 13.9. The van der Waals surface area contributed by atoms with Gasteiger partial charge in [0.25, 0.3) is 0 Å². The smallest absolute Gasteiger partial charge is 0.0757 e. The van der Waals surface area contributed by atoms with Gasteiger partial charge in [0.15, 0.2) is 0 Å². The Morgan fingerprint density at radius 3 is 2.75 bits per heavy atom. The lowest BCUT2D eigenvalue weighted by Crippen LogP contribution is -2.53. The van der Waals surface area contributed by atoms with Gasteiger partial charge in [0, 0.05) is 26.2 Å². The van der Waals surface area contributed by atoms with Crippen LogP contribution in [0, 0.1) is 0 Å². The zero-order valence-corrected chi connectivity index (χ0v) is 11.4. The molecule has 96 valence electrons. The van der Waals surface area contributed by atoms with Crippen LogP contribution in [-0.4, -0.2) is 49.3 Å². The Bertz CT molecular complexity index is 194. The molecule has 1 unspecified atom stereocenters. The molecule has 3 heteroatoms. The van der Waals surface area contributed by atoms with E-state index in [1.807, 2.05) is 0 Å². The number of unbranched alkanes of at least 4 members (excludes halogenated alkanes) is 1. The quantitative estimate of drug-likeness (QED) is 0.703. The van der Waals surface area contributed by atoms with Crippen LogP contribution in [0.15, 0.2) is 0 Å². The summed E-state index contributed by atoms with van der Waals surface area (Å²) in [5, 5.41) is 3.49. The van der Waals surface area contributed by atoms with Crippen molar-refractivity contribution in [2.24, 2.45) is 0 Å². The number of hydrogen-bond acceptors (Lipinski definition) is 3. The number of nitrogens with zero attached hydrogens (tertiary/aromatic N) is 1. The van der Waals surface area contributed by atoms with Crippen LogP contribution in [0.1, 0.15) is 40.5 Å². The molecule has 1 rings (SSSR count). The van der Waals surface area contributed by atoms with Crippen LogP contribution in [0.4, 0.5) is 0 Å². The summed E-state index contributed by atoms with van der Waals surface area (Å²) < 4.78 is 5.89. The molecule has 16 heavy (non-hydrogen) atoms. The summed E-state index contributed by atoms with van der Waals surface area (Å²) in [6, 6.07) is 0. The molecular formula is C13H28N2O. The predicted octanol–water partition coefficient (Wildman–Crippen LogP) is 1.88. The van der Waals surface area contributed by atoms with Gasteiger partial charge in [-0.3, -0.25) is 4.90 Å². The molecule has 1 atom stereocenters. The van der Waals surface area contributed by atoms with Gasteiger partial charge in [-0.1, -0.05) is 13.3 Å². The average Bonchev–Trinajstić information content (AvgIpc) is 2.14. The minimum Gasteiger partial charge on any atom is -0.370 e. The van der Waals surface area contributed by atoms with Crippen LogP contribution in [-0.2, 0) is 4.74 Å². The van der Waals surface area contributed by atoms with Crippen molar-refractivity contribution in [1.82, 2.24) is 10.2 Å². The maximum atomic E-state index is 5.89. The number of morpholine rings is 1. The molecule has 1 heterocycles. The Balaban J connectivity index is 2.16. The molecule has 0 aromatic heterocycles. The third-order valence-corrected chi connectivity index (χ3v) is 2.95. The maximum absolute atomic E-state index is 5.89. The largest absolute Gasteiger partial charge is 0.370 e. The van der Waals surface area contributed by atoms with Gasteiger partial charge in [0.2, 0.25) is 0 Å². The molecule has 1 aliphatic rings. The summed E-state index contributed by atoms with van der Waals surface area (Å²) >= 11 is 0. The fourth-order valence-electron chi connectivity index (χ4n) is 2.42. The Morgan fingerprint density at radius 1 is 1.38 bits per heavy atom. The number of hydrogen-bond donors (Lipinski definition) is 1. The standard InChI is InChI=1S/C13H28N2O/c1-5-6-7-14-8-9-15-10-12(2)16-13(3,4)11-15/h12,14H,5-11H2,1-4H3. The fraction of sp³-hybridized carbons (Fsp3) is 1.00. The summed E-state index contributed by atoms with van der Waals surface area (Å²) in [7, 11) is 0. The first-order valence-electron chi connectivity index (χ1n) is 6.64. The molecule has 0 radical (unpaired) electrons. The summed E-state index contributed by atoms with van der Waals surface area (Å²) in [4.78, 5) is 2.51. The van der Waals surface area contributed by atoms with E-state index in [0.29, 0.717) is 6.10 Å². The van der Waals surface area contributed by atoms with Crippen molar-refractivity contribution < 1.29 is 4.74 Å². The first-order valence-corrected chi connectivity index (χ1v) is 6.64. The zero-order chi connectivity index (χ0) is 12.0. The maximum Gasteiger partial charge on any atom is 0.0757 e. The van der Waals surface area contributed by atoms with Gasteiger partial charge in [0.05, 0.1) is 11.7 Å². The van der Waals surface area contributed by atoms with Crippen LogP contribution >= 0.6 is 0 Å². The van der Waals surface area contributed by atoms with Crippen molar-refractivity contribution >= 4 is 0 Å². The third kappa shape index (κ3) is 5.28. The van der Waals surface area contributed by atoms with E-state index in [2.05, 4.69) is 37.9 Å². The topological polar surface area (TPSA) is 24.5 Å². The van der Waals surface area contributed by atoms with Crippen molar-refractivity contribution in [2.45, 2.75) is 52.2 Å². The molecule has 1 aliphatic heterocycles. The molecule has 0 amide bonds. The Morgan fingerprint density at radius 2 is 2.12 bits per heavy atom. The van der Waals surface area contributed by atoms with Gasteiger partial charge in [-0.05, 0) is 33.7 Å². The van der Waals surface area contributed by atoms with Gasteiger partial charge in [-0.25, -0.2) is 0 Å². The zero-order valence-electron chi connectivity index (χ0n) is 11.4. The van der Waals surface area contributed by atoms with Gasteiger partial charge < -0.3 is 10.1 Å². The van der Waals surface area contributed by atoms with E-state index in [0.717, 1.165) is 32.7 Å². The second-order valence-corrected chi connectivity index (χ2v) is 5.53. The SMILES string of the molecule is CCCCNCCN1CC(C)OC(C)(C)C1. The van der Waals surface area contributed by atoms with E-state index >= 15 is 0 Å². The highest BCUT2D eigenvalue weighted by atomic mass is 16.5. The Labute approximate surface area is 101 Å². The molecule has 1 fully saturated rings. The minimum atomic E-state index is 0.0150. The van der Waals surface area contributed by atoms with Crippen molar-refractivity contribution in [3.05, 3.63) is 0 Å². The van der Waals surface area contributed by atoms with E-state index in [-0.39, 0.29) is 5.60 Å². The highest BCUT2D eigenvalue weighted by Crippen LogP contribution is 2.20. The molecule has 0 aliphatic carbocycles. The summed E-state index contributed by atoms with van der Waals surface area (Å²) in [5.41, 5.74) is 0.0150. The monoisotopic (exact) mass is 228 g/mol. The summed E-state index contributed by atoms with van der Waals surface area (Å²) in [5.74, 6) is 0. The van der Waals surface area contributed by atoms with E-state index < -0.39 is 0 Å². The highest BCUT2D eigenvalue weighted by Gasteiger charge is 2.30. The molecule has 0 bridgehead atoms. The van der Waals surface area contributed by atoms with Crippen molar-refractivity contribution in [1.29, 1.82) is 0 Å². The Hall–Kier alpha value is -0.120. The van der Waals surface area contributed by atoms with Crippen LogP contribution in [0.2, 0.25) is 0 Å². The van der Waals surface area contributed by atoms with Gasteiger partial charge in [-0.2, -0.15) is 0 Å². The number of rotatable bonds is 6. The van der Waals surface area contributed by atoms with Gasteiger partial charge >= 0.3 is 0 Å². The second-order valence-electron chi connectivity index (χ2n) is 5.53. The second kappa shape index (κ2) is 6.58. The van der Waals surface area contributed by atoms with Crippen LogP contribution in [0.5, 0.6) is 0 Å². The van der Waals surface area contributed by atoms with Crippen molar-refractivity contribution in [3.8, 4) is 0 Å². The van der Waals surface area contributed by atoms with Crippen molar-refractivity contribution in [3.63, 3.8) is 0 Å². The molecule has 0 spiro atoms. The third-order valence-electron chi connectivity index (χ3n) is 2.95. The number of nitrogens with one attached hydrogen (secondary N) is 1. The van der Waals surface area contributed by atoms with Crippen LogP contribution < -0.4 is 5.32 Å². The highest BCUT2D eigenvalue weighted by molar-refractivity contribution is 4.82. The Kier molecular flexibility index (Phi) is 5.73. The molecule has 0 saturated carbocycles. The lowest BCUT2D eigenvalue weighted by Gasteiger charge is -2.41.